The van der Waals surface area contributed by atoms with Gasteiger partial charge in [-0.25, -0.2) is 0 Å². The highest BCUT2D eigenvalue weighted by atomic mass is 35.5. The van der Waals surface area contributed by atoms with Crippen molar-refractivity contribution in [2.45, 2.75) is 32.2 Å². The van der Waals surface area contributed by atoms with E-state index in [4.69, 9.17) is 5.73 Å². The van der Waals surface area contributed by atoms with Crippen molar-refractivity contribution in [3.8, 4) is 0 Å². The van der Waals surface area contributed by atoms with Crippen molar-refractivity contribution in [3.63, 3.8) is 0 Å². The topological polar surface area (TPSA) is 66.6 Å². The molecule has 2 fully saturated rings. The molecule has 2 heterocycles. The first-order chi connectivity index (χ1) is 11.0. The smallest absolute Gasteiger partial charge is 0.254 e. The zero-order valence-electron chi connectivity index (χ0n) is 14.1. The fraction of sp³-hybridized carbons (Fsp3) is 0.556. The molecule has 3 rings (SSSR count). The Hall–Kier alpha value is -1.59. The SMILES string of the molecule is CC1(CN)CCN(C(=O)C2CCCN2C(=O)c2ccccc2)C1.Cl. The summed E-state index contributed by atoms with van der Waals surface area (Å²) in [5, 5.41) is 0. The first kappa shape index (κ1) is 18.7. The molecule has 1 aromatic carbocycles. The molecule has 2 N–H and O–H groups in total. The molecule has 0 aliphatic carbocycles. The Morgan fingerprint density at radius 2 is 1.96 bits per heavy atom. The van der Waals surface area contributed by atoms with Gasteiger partial charge in [-0.15, -0.1) is 12.4 Å². The molecule has 0 radical (unpaired) electrons. The fourth-order valence-corrected chi connectivity index (χ4v) is 3.60. The molecule has 5 nitrogen and oxygen atoms in total. The van der Waals surface area contributed by atoms with Crippen molar-refractivity contribution >= 4 is 24.2 Å². The number of carbonyl (C=O) groups is 2. The molecule has 0 saturated carbocycles. The summed E-state index contributed by atoms with van der Waals surface area (Å²) in [6.45, 7) is 4.82. The summed E-state index contributed by atoms with van der Waals surface area (Å²) in [7, 11) is 0. The molecule has 2 saturated heterocycles. The van der Waals surface area contributed by atoms with Crippen LogP contribution in [-0.4, -0.2) is 53.8 Å². The molecule has 2 unspecified atom stereocenters. The van der Waals surface area contributed by atoms with E-state index >= 15 is 0 Å². The van der Waals surface area contributed by atoms with Gasteiger partial charge in [0, 0.05) is 25.2 Å². The van der Waals surface area contributed by atoms with E-state index in [9.17, 15) is 9.59 Å². The van der Waals surface area contributed by atoms with Crippen LogP contribution in [-0.2, 0) is 4.79 Å². The second kappa shape index (κ2) is 7.53. The largest absolute Gasteiger partial charge is 0.340 e. The minimum atomic E-state index is -0.317. The van der Waals surface area contributed by atoms with Crippen molar-refractivity contribution in [2.24, 2.45) is 11.1 Å². The maximum atomic E-state index is 12.9. The van der Waals surface area contributed by atoms with E-state index in [0.29, 0.717) is 25.2 Å². The zero-order chi connectivity index (χ0) is 16.4. The number of hydrogen-bond donors (Lipinski definition) is 1. The van der Waals surface area contributed by atoms with Gasteiger partial charge < -0.3 is 15.5 Å². The van der Waals surface area contributed by atoms with Crippen LogP contribution in [0.5, 0.6) is 0 Å². The molecule has 0 aromatic heterocycles. The predicted molar refractivity (Wildman–Crippen MR) is 96.1 cm³/mol. The van der Waals surface area contributed by atoms with Gasteiger partial charge in [0.1, 0.15) is 6.04 Å². The van der Waals surface area contributed by atoms with Gasteiger partial charge in [-0.1, -0.05) is 25.1 Å². The van der Waals surface area contributed by atoms with E-state index < -0.39 is 0 Å². The number of nitrogens with two attached hydrogens (primary N) is 1. The summed E-state index contributed by atoms with van der Waals surface area (Å²) in [6, 6.07) is 8.90. The molecule has 2 aliphatic rings. The first-order valence-electron chi connectivity index (χ1n) is 8.39. The molecule has 0 spiro atoms. The molecular weight excluding hydrogens is 326 g/mol. The Bertz CT molecular complexity index is 595. The average molecular weight is 352 g/mol. The fourth-order valence-electron chi connectivity index (χ4n) is 3.60. The van der Waals surface area contributed by atoms with Gasteiger partial charge in [0.15, 0.2) is 0 Å². The highest BCUT2D eigenvalue weighted by Gasteiger charge is 2.41. The average Bonchev–Trinajstić information content (AvgIpc) is 3.22. The van der Waals surface area contributed by atoms with Gasteiger partial charge in [0.2, 0.25) is 5.91 Å². The van der Waals surface area contributed by atoms with Gasteiger partial charge in [-0.3, -0.25) is 9.59 Å². The molecule has 2 aliphatic heterocycles. The monoisotopic (exact) mass is 351 g/mol. The Labute approximate surface area is 149 Å². The Morgan fingerprint density at radius 3 is 2.58 bits per heavy atom. The van der Waals surface area contributed by atoms with Crippen LogP contribution in [0.15, 0.2) is 30.3 Å². The van der Waals surface area contributed by atoms with Crippen LogP contribution in [0.25, 0.3) is 0 Å². The molecule has 1 aromatic rings. The summed E-state index contributed by atoms with van der Waals surface area (Å²) in [6.07, 6.45) is 2.58. The van der Waals surface area contributed by atoms with Crippen molar-refractivity contribution in [3.05, 3.63) is 35.9 Å². The predicted octanol–water partition coefficient (Wildman–Crippen LogP) is 1.91. The van der Waals surface area contributed by atoms with Crippen LogP contribution >= 0.6 is 12.4 Å². The third-order valence-corrected chi connectivity index (χ3v) is 5.18. The standard InChI is InChI=1S/C18H25N3O2.ClH/c1-18(12-19)9-11-20(13-18)17(23)15-8-5-10-21(15)16(22)14-6-3-2-4-7-14;/h2-4,6-7,15H,5,8-13,19H2,1H3;1H. The highest BCUT2D eigenvalue weighted by Crippen LogP contribution is 2.31. The number of rotatable bonds is 3. The number of likely N-dealkylation sites (tertiary alicyclic amines) is 2. The molecular formula is C18H26ClN3O2. The lowest BCUT2D eigenvalue weighted by Crippen LogP contribution is -2.47. The minimum Gasteiger partial charge on any atom is -0.340 e. The van der Waals surface area contributed by atoms with E-state index in [1.165, 1.54) is 0 Å². The van der Waals surface area contributed by atoms with Crippen LogP contribution in [0.1, 0.15) is 36.5 Å². The molecule has 2 amide bonds. The van der Waals surface area contributed by atoms with Crippen molar-refractivity contribution in [1.29, 1.82) is 0 Å². The van der Waals surface area contributed by atoms with Gasteiger partial charge in [0.05, 0.1) is 0 Å². The third kappa shape index (κ3) is 3.57. The second-order valence-electron chi connectivity index (χ2n) is 7.05. The summed E-state index contributed by atoms with van der Waals surface area (Å²) in [4.78, 5) is 29.2. The van der Waals surface area contributed by atoms with Crippen LogP contribution in [0.2, 0.25) is 0 Å². The van der Waals surface area contributed by atoms with E-state index in [1.54, 1.807) is 4.90 Å². The molecule has 6 heteroatoms. The minimum absolute atomic E-state index is 0. The van der Waals surface area contributed by atoms with Crippen LogP contribution in [0, 0.1) is 5.41 Å². The second-order valence-corrected chi connectivity index (χ2v) is 7.05. The highest BCUT2D eigenvalue weighted by molar-refractivity contribution is 5.98. The van der Waals surface area contributed by atoms with Gasteiger partial charge in [-0.2, -0.15) is 0 Å². The van der Waals surface area contributed by atoms with Gasteiger partial charge >= 0.3 is 0 Å². The lowest BCUT2D eigenvalue weighted by atomic mass is 9.90. The maximum Gasteiger partial charge on any atom is 0.254 e. The summed E-state index contributed by atoms with van der Waals surface area (Å²) in [5.74, 6) is 0.0474. The van der Waals surface area contributed by atoms with E-state index in [0.717, 1.165) is 25.8 Å². The Kier molecular flexibility index (Phi) is 5.88. The third-order valence-electron chi connectivity index (χ3n) is 5.18. The first-order valence-corrected chi connectivity index (χ1v) is 8.39. The molecule has 24 heavy (non-hydrogen) atoms. The number of carbonyl (C=O) groups excluding carboxylic acids is 2. The van der Waals surface area contributed by atoms with Gasteiger partial charge in [0.25, 0.3) is 5.91 Å². The van der Waals surface area contributed by atoms with E-state index in [1.807, 2.05) is 35.2 Å². The van der Waals surface area contributed by atoms with Crippen molar-refractivity contribution in [2.75, 3.05) is 26.2 Å². The maximum absolute atomic E-state index is 12.9. The normalized spacial score (nSPS) is 26.3. The van der Waals surface area contributed by atoms with Crippen LogP contribution in [0.3, 0.4) is 0 Å². The summed E-state index contributed by atoms with van der Waals surface area (Å²) >= 11 is 0. The van der Waals surface area contributed by atoms with E-state index in [2.05, 4.69) is 6.92 Å². The lowest BCUT2D eigenvalue weighted by Gasteiger charge is -2.29. The molecule has 2 atom stereocenters. The van der Waals surface area contributed by atoms with Crippen molar-refractivity contribution in [1.82, 2.24) is 9.80 Å². The number of halogens is 1. The quantitative estimate of drug-likeness (QED) is 0.904. The number of nitrogens with zero attached hydrogens (tertiary/aromatic N) is 2. The van der Waals surface area contributed by atoms with Crippen LogP contribution in [0.4, 0.5) is 0 Å². The molecule has 0 bridgehead atoms. The Balaban J connectivity index is 0.00000208. The zero-order valence-corrected chi connectivity index (χ0v) is 14.9. The summed E-state index contributed by atoms with van der Waals surface area (Å²) < 4.78 is 0. The number of amides is 2. The lowest BCUT2D eigenvalue weighted by molar-refractivity contribution is -0.134. The summed E-state index contributed by atoms with van der Waals surface area (Å²) in [5.41, 5.74) is 6.50. The Morgan fingerprint density at radius 1 is 1.25 bits per heavy atom. The number of benzene rings is 1. The number of hydrogen-bond acceptors (Lipinski definition) is 3. The van der Waals surface area contributed by atoms with Gasteiger partial charge in [-0.05, 0) is 43.4 Å². The molecule has 132 valence electrons. The van der Waals surface area contributed by atoms with Crippen LogP contribution < -0.4 is 5.73 Å². The van der Waals surface area contributed by atoms with E-state index in [-0.39, 0.29) is 35.7 Å². The van der Waals surface area contributed by atoms with Crippen molar-refractivity contribution < 1.29 is 9.59 Å².